The minimum atomic E-state index is -3.28. The lowest BCUT2D eigenvalue weighted by atomic mass is 9.95. The predicted molar refractivity (Wildman–Crippen MR) is 91.4 cm³/mol. The molecule has 0 saturated heterocycles. The standard InChI is InChI=1S/C17H22F2N2O3S/c1-25(23,24)16-7-3-2-6-14(16)20-17(22)21-8-4-5-12-13(19)9-11(18)10-15(12)21/h9-10,14,16H,2-8H2,1H3,(H,20,22)/t14-,16-/m1/s1. The summed E-state index contributed by atoms with van der Waals surface area (Å²) in [5.41, 5.74) is 0.555. The van der Waals surface area contributed by atoms with Gasteiger partial charge < -0.3 is 5.32 Å². The van der Waals surface area contributed by atoms with Gasteiger partial charge in [-0.1, -0.05) is 12.8 Å². The van der Waals surface area contributed by atoms with Gasteiger partial charge in [0.2, 0.25) is 0 Å². The summed E-state index contributed by atoms with van der Waals surface area (Å²) in [5.74, 6) is -1.39. The summed E-state index contributed by atoms with van der Waals surface area (Å²) in [6, 6.07) is 1.01. The van der Waals surface area contributed by atoms with E-state index in [0.29, 0.717) is 37.8 Å². The Morgan fingerprint density at radius 1 is 1.20 bits per heavy atom. The van der Waals surface area contributed by atoms with E-state index in [0.717, 1.165) is 25.0 Å². The lowest BCUT2D eigenvalue weighted by molar-refractivity contribution is 0.238. The number of nitrogens with one attached hydrogen (secondary N) is 1. The van der Waals surface area contributed by atoms with Crippen LogP contribution in [0.2, 0.25) is 0 Å². The van der Waals surface area contributed by atoms with E-state index in [1.54, 1.807) is 0 Å². The van der Waals surface area contributed by atoms with Crippen LogP contribution in [0.25, 0.3) is 0 Å². The fourth-order valence-electron chi connectivity index (χ4n) is 3.83. The zero-order valence-electron chi connectivity index (χ0n) is 14.1. The molecule has 0 unspecified atom stereocenters. The molecule has 1 heterocycles. The maximum absolute atomic E-state index is 14.0. The quantitative estimate of drug-likeness (QED) is 0.868. The largest absolute Gasteiger partial charge is 0.334 e. The van der Waals surface area contributed by atoms with Gasteiger partial charge in [0.25, 0.3) is 0 Å². The van der Waals surface area contributed by atoms with E-state index in [2.05, 4.69) is 5.32 Å². The Bertz CT molecular complexity index is 782. The van der Waals surface area contributed by atoms with Gasteiger partial charge in [0.1, 0.15) is 11.6 Å². The molecule has 25 heavy (non-hydrogen) atoms. The molecule has 3 rings (SSSR count). The fourth-order valence-corrected chi connectivity index (χ4v) is 5.23. The maximum Gasteiger partial charge on any atom is 0.322 e. The molecule has 1 fully saturated rings. The van der Waals surface area contributed by atoms with Crippen LogP contribution in [0.5, 0.6) is 0 Å². The van der Waals surface area contributed by atoms with Crippen LogP contribution >= 0.6 is 0 Å². The molecular weight excluding hydrogens is 350 g/mol. The third-order valence-corrected chi connectivity index (χ3v) is 6.71. The van der Waals surface area contributed by atoms with Gasteiger partial charge in [-0.2, -0.15) is 0 Å². The number of hydrogen-bond acceptors (Lipinski definition) is 3. The third-order valence-electron chi connectivity index (χ3n) is 5.04. The van der Waals surface area contributed by atoms with Crippen molar-refractivity contribution >= 4 is 21.6 Å². The van der Waals surface area contributed by atoms with Crippen molar-refractivity contribution in [3.05, 3.63) is 29.3 Å². The topological polar surface area (TPSA) is 66.5 Å². The highest BCUT2D eigenvalue weighted by molar-refractivity contribution is 7.91. The highest BCUT2D eigenvalue weighted by Gasteiger charge is 2.35. The number of urea groups is 1. The van der Waals surface area contributed by atoms with Crippen LogP contribution in [0, 0.1) is 11.6 Å². The first-order valence-electron chi connectivity index (χ1n) is 8.52. The summed E-state index contributed by atoms with van der Waals surface area (Å²) in [7, 11) is -3.28. The van der Waals surface area contributed by atoms with E-state index in [4.69, 9.17) is 0 Å². The van der Waals surface area contributed by atoms with Crippen LogP contribution < -0.4 is 10.2 Å². The van der Waals surface area contributed by atoms with Crippen LogP contribution in [-0.2, 0) is 16.3 Å². The lowest BCUT2D eigenvalue weighted by Gasteiger charge is -2.35. The van der Waals surface area contributed by atoms with Crippen molar-refractivity contribution in [2.24, 2.45) is 0 Å². The smallest absolute Gasteiger partial charge is 0.322 e. The predicted octanol–water partition coefficient (Wildman–Crippen LogP) is 2.78. The normalized spacial score (nSPS) is 23.9. The molecule has 0 aromatic heterocycles. The number of sulfone groups is 1. The lowest BCUT2D eigenvalue weighted by Crippen LogP contribution is -2.53. The first-order valence-corrected chi connectivity index (χ1v) is 10.5. The maximum atomic E-state index is 14.0. The third kappa shape index (κ3) is 3.78. The van der Waals surface area contributed by atoms with E-state index in [9.17, 15) is 22.0 Å². The second-order valence-corrected chi connectivity index (χ2v) is 9.11. The number of nitrogens with zero attached hydrogens (tertiary/aromatic N) is 1. The van der Waals surface area contributed by atoms with Gasteiger partial charge in [-0.25, -0.2) is 22.0 Å². The molecule has 1 aromatic carbocycles. The van der Waals surface area contributed by atoms with Crippen LogP contribution in [0.15, 0.2) is 12.1 Å². The van der Waals surface area contributed by atoms with Crippen molar-refractivity contribution in [2.75, 3.05) is 17.7 Å². The highest BCUT2D eigenvalue weighted by Crippen LogP contribution is 2.31. The molecule has 1 aromatic rings. The summed E-state index contributed by atoms with van der Waals surface area (Å²) < 4.78 is 51.5. The minimum absolute atomic E-state index is 0.230. The number of amides is 2. The SMILES string of the molecule is CS(=O)(=O)[C@@H]1CCCC[C@H]1NC(=O)N1CCCc2c(F)cc(F)cc21. The molecule has 0 bridgehead atoms. The second kappa shape index (κ2) is 6.90. The van der Waals surface area contributed by atoms with Crippen molar-refractivity contribution in [3.8, 4) is 0 Å². The van der Waals surface area contributed by atoms with E-state index in [1.807, 2.05) is 0 Å². The molecule has 1 aliphatic carbocycles. The van der Waals surface area contributed by atoms with Gasteiger partial charge in [0.05, 0.1) is 10.9 Å². The molecule has 2 aliphatic rings. The van der Waals surface area contributed by atoms with Gasteiger partial charge in [0, 0.05) is 30.5 Å². The van der Waals surface area contributed by atoms with Crippen LogP contribution in [0.3, 0.4) is 0 Å². The summed E-state index contributed by atoms with van der Waals surface area (Å²) in [6.07, 6.45) is 4.96. The van der Waals surface area contributed by atoms with Crippen molar-refractivity contribution in [1.29, 1.82) is 0 Å². The number of carbonyl (C=O) groups is 1. The molecule has 1 saturated carbocycles. The second-order valence-electron chi connectivity index (χ2n) is 6.85. The highest BCUT2D eigenvalue weighted by atomic mass is 32.2. The number of fused-ring (bicyclic) bond motifs is 1. The molecular formula is C17H22F2N2O3S. The molecule has 1 N–H and O–H groups in total. The Morgan fingerprint density at radius 2 is 1.92 bits per heavy atom. The van der Waals surface area contributed by atoms with Crippen LogP contribution in [0.4, 0.5) is 19.3 Å². The van der Waals surface area contributed by atoms with Gasteiger partial charge in [0.15, 0.2) is 9.84 Å². The number of halogens is 2. The summed E-state index contributed by atoms with van der Waals surface area (Å²) in [5, 5.41) is 2.18. The zero-order valence-corrected chi connectivity index (χ0v) is 14.9. The Kier molecular flexibility index (Phi) is 4.99. The Hall–Kier alpha value is -1.70. The van der Waals surface area contributed by atoms with Crippen molar-refractivity contribution in [2.45, 2.75) is 49.8 Å². The summed E-state index contributed by atoms with van der Waals surface area (Å²) in [6.45, 7) is 0.345. The number of benzene rings is 1. The Balaban J connectivity index is 1.83. The molecule has 0 radical (unpaired) electrons. The number of anilines is 1. The molecule has 0 spiro atoms. The number of hydrogen-bond donors (Lipinski definition) is 1. The first-order chi connectivity index (χ1) is 11.8. The van der Waals surface area contributed by atoms with Crippen LogP contribution in [-0.4, -0.2) is 38.5 Å². The average molecular weight is 372 g/mol. The average Bonchev–Trinajstić information content (AvgIpc) is 2.53. The van der Waals surface area contributed by atoms with Gasteiger partial charge in [-0.05, 0) is 31.7 Å². The summed E-state index contributed by atoms with van der Waals surface area (Å²) >= 11 is 0. The zero-order chi connectivity index (χ0) is 18.2. The molecule has 2 atom stereocenters. The van der Waals surface area contributed by atoms with Gasteiger partial charge in [-0.15, -0.1) is 0 Å². The van der Waals surface area contributed by atoms with Crippen molar-refractivity contribution in [3.63, 3.8) is 0 Å². The van der Waals surface area contributed by atoms with Crippen molar-refractivity contribution in [1.82, 2.24) is 5.32 Å². The van der Waals surface area contributed by atoms with E-state index >= 15 is 0 Å². The van der Waals surface area contributed by atoms with Gasteiger partial charge >= 0.3 is 6.03 Å². The molecule has 1 aliphatic heterocycles. The molecule has 8 heteroatoms. The summed E-state index contributed by atoms with van der Waals surface area (Å²) in [4.78, 5) is 14.0. The Morgan fingerprint density at radius 3 is 2.64 bits per heavy atom. The Labute approximate surface area is 146 Å². The number of rotatable bonds is 2. The minimum Gasteiger partial charge on any atom is -0.334 e. The molecule has 138 valence electrons. The van der Waals surface area contributed by atoms with Gasteiger partial charge in [-0.3, -0.25) is 4.90 Å². The molecule has 2 amide bonds. The van der Waals surface area contributed by atoms with E-state index < -0.39 is 38.8 Å². The first kappa shape index (κ1) is 18.1. The van der Waals surface area contributed by atoms with Crippen LogP contribution in [0.1, 0.15) is 37.7 Å². The fraction of sp³-hybridized carbons (Fsp3) is 0.588. The van der Waals surface area contributed by atoms with E-state index in [-0.39, 0.29) is 5.69 Å². The van der Waals surface area contributed by atoms with Crippen molar-refractivity contribution < 1.29 is 22.0 Å². The monoisotopic (exact) mass is 372 g/mol. The van der Waals surface area contributed by atoms with E-state index in [1.165, 1.54) is 11.2 Å². The number of carbonyl (C=O) groups excluding carboxylic acids is 1. The molecule has 5 nitrogen and oxygen atoms in total.